The summed E-state index contributed by atoms with van der Waals surface area (Å²) in [5.74, 6) is 0.113. The van der Waals surface area contributed by atoms with Crippen molar-refractivity contribution in [2.75, 3.05) is 6.54 Å². The van der Waals surface area contributed by atoms with Crippen molar-refractivity contribution in [2.45, 2.75) is 24.9 Å². The van der Waals surface area contributed by atoms with Crippen molar-refractivity contribution in [3.05, 3.63) is 48.0 Å². The summed E-state index contributed by atoms with van der Waals surface area (Å²) in [5.41, 5.74) is 0.747. The Morgan fingerprint density at radius 1 is 1.46 bits per heavy atom. The molecule has 1 aromatic carbocycles. The Labute approximate surface area is 148 Å². The molecule has 3 atom stereocenters. The van der Waals surface area contributed by atoms with Crippen molar-refractivity contribution >= 4 is 16.9 Å². The molecule has 1 saturated carbocycles. The first-order valence-corrected chi connectivity index (χ1v) is 8.50. The number of aryl methyl sites for hydroxylation is 1. The van der Waals surface area contributed by atoms with Crippen LogP contribution < -0.4 is 5.32 Å². The van der Waals surface area contributed by atoms with Crippen LogP contribution in [0.3, 0.4) is 0 Å². The zero-order chi connectivity index (χ0) is 18.3. The van der Waals surface area contributed by atoms with Crippen LogP contribution in [0.5, 0.6) is 0 Å². The van der Waals surface area contributed by atoms with Gasteiger partial charge in [0.15, 0.2) is 0 Å². The van der Waals surface area contributed by atoms with Crippen molar-refractivity contribution < 1.29 is 18.7 Å². The first-order chi connectivity index (χ1) is 12.5. The van der Waals surface area contributed by atoms with E-state index < -0.39 is 11.9 Å². The highest BCUT2D eigenvalue weighted by atomic mass is 19.1. The molecule has 1 aliphatic rings. The summed E-state index contributed by atoms with van der Waals surface area (Å²) in [5, 5.41) is 21.6. The topological polar surface area (TPSA) is 93.2 Å². The molecular formula is C18H19FN4O3. The minimum absolute atomic E-state index is 0.0736. The van der Waals surface area contributed by atoms with Gasteiger partial charge in [0.2, 0.25) is 0 Å². The highest BCUT2D eigenvalue weighted by Crippen LogP contribution is 2.37. The molecule has 26 heavy (non-hydrogen) atoms. The molecule has 0 saturated heterocycles. The van der Waals surface area contributed by atoms with Gasteiger partial charge in [-0.3, -0.25) is 4.79 Å². The Bertz CT molecular complexity index is 951. The van der Waals surface area contributed by atoms with Gasteiger partial charge in [0.05, 0.1) is 11.7 Å². The number of hydrogen-bond donors (Lipinski definition) is 2. The quantitative estimate of drug-likeness (QED) is 0.744. The predicted molar refractivity (Wildman–Crippen MR) is 91.0 cm³/mol. The van der Waals surface area contributed by atoms with Crippen molar-refractivity contribution in [1.29, 1.82) is 0 Å². The van der Waals surface area contributed by atoms with Gasteiger partial charge in [0.1, 0.15) is 29.8 Å². The summed E-state index contributed by atoms with van der Waals surface area (Å²) in [7, 11) is 1.87. The average Bonchev–Trinajstić information content (AvgIpc) is 3.31. The minimum atomic E-state index is -0.518. The van der Waals surface area contributed by atoms with Gasteiger partial charge < -0.3 is 19.4 Å². The summed E-state index contributed by atoms with van der Waals surface area (Å²) in [6.07, 6.45) is 3.75. The molecule has 3 aromatic rings. The molecule has 1 fully saturated rings. The van der Waals surface area contributed by atoms with Crippen molar-refractivity contribution in [3.63, 3.8) is 0 Å². The van der Waals surface area contributed by atoms with Crippen LogP contribution in [0, 0.1) is 11.7 Å². The second-order valence-corrected chi connectivity index (χ2v) is 6.80. The number of carbonyl (C=O) groups is 1. The molecule has 1 amide bonds. The van der Waals surface area contributed by atoms with Crippen LogP contribution in [0.15, 0.2) is 35.2 Å². The maximum Gasteiger partial charge on any atom is 0.255 e. The van der Waals surface area contributed by atoms with Crippen molar-refractivity contribution in [1.82, 2.24) is 20.1 Å². The second kappa shape index (κ2) is 6.53. The number of benzene rings is 1. The lowest BCUT2D eigenvalue weighted by molar-refractivity contribution is 0.0917. The van der Waals surface area contributed by atoms with Crippen LogP contribution in [0.2, 0.25) is 0 Å². The zero-order valence-corrected chi connectivity index (χ0v) is 14.2. The van der Waals surface area contributed by atoms with Crippen molar-refractivity contribution in [2.24, 2.45) is 13.0 Å². The van der Waals surface area contributed by atoms with Crippen LogP contribution in [0.25, 0.3) is 11.0 Å². The van der Waals surface area contributed by atoms with E-state index in [1.54, 1.807) is 6.33 Å². The number of halogens is 1. The van der Waals surface area contributed by atoms with Gasteiger partial charge in [-0.25, -0.2) is 4.39 Å². The Kier molecular flexibility index (Phi) is 4.20. The molecule has 0 bridgehead atoms. The summed E-state index contributed by atoms with van der Waals surface area (Å²) >= 11 is 0. The SMILES string of the molecule is Cn1cnnc1[C@H]1C[C@H](CNC(=O)c2coc3ccc(F)cc23)[C@H](O)C1. The number of amides is 1. The zero-order valence-electron chi connectivity index (χ0n) is 14.2. The third-order valence-electron chi connectivity index (χ3n) is 5.07. The second-order valence-electron chi connectivity index (χ2n) is 6.80. The van der Waals surface area contributed by atoms with Gasteiger partial charge in [0.25, 0.3) is 5.91 Å². The maximum atomic E-state index is 13.4. The predicted octanol–water partition coefficient (Wildman–Crippen LogP) is 1.98. The fourth-order valence-corrected chi connectivity index (χ4v) is 3.69. The number of hydrogen-bond acceptors (Lipinski definition) is 5. The molecular weight excluding hydrogens is 339 g/mol. The highest BCUT2D eigenvalue weighted by molar-refractivity contribution is 6.05. The number of aromatic nitrogens is 3. The van der Waals surface area contributed by atoms with Gasteiger partial charge in [-0.2, -0.15) is 0 Å². The lowest BCUT2D eigenvalue weighted by atomic mass is 10.0. The van der Waals surface area contributed by atoms with E-state index in [9.17, 15) is 14.3 Å². The molecule has 0 aliphatic heterocycles. The standard InChI is InChI=1S/C18H19FN4O3/c1-23-9-21-22-17(23)10-4-11(15(24)5-10)7-20-18(25)14-8-26-16-3-2-12(19)6-13(14)16/h2-3,6,8-11,15,24H,4-5,7H2,1H3,(H,20,25)/t10-,11+,15+/m0/s1. The Balaban J connectivity index is 1.43. The molecule has 1 aliphatic carbocycles. The molecule has 136 valence electrons. The van der Waals surface area contributed by atoms with E-state index >= 15 is 0 Å². The number of rotatable bonds is 4. The van der Waals surface area contributed by atoms with Crippen molar-refractivity contribution in [3.8, 4) is 0 Å². The van der Waals surface area contributed by atoms with E-state index in [2.05, 4.69) is 15.5 Å². The highest BCUT2D eigenvalue weighted by Gasteiger charge is 2.36. The fourth-order valence-electron chi connectivity index (χ4n) is 3.69. The number of furan rings is 1. The number of fused-ring (bicyclic) bond motifs is 1. The number of carbonyl (C=O) groups excluding carboxylic acids is 1. The molecule has 0 radical (unpaired) electrons. The third-order valence-corrected chi connectivity index (χ3v) is 5.07. The molecule has 0 spiro atoms. The molecule has 2 N–H and O–H groups in total. The molecule has 0 unspecified atom stereocenters. The summed E-state index contributed by atoms with van der Waals surface area (Å²) in [6.45, 7) is 0.330. The van der Waals surface area contributed by atoms with Crippen LogP contribution in [-0.2, 0) is 7.05 Å². The fraction of sp³-hybridized carbons (Fsp3) is 0.389. The third kappa shape index (κ3) is 2.96. The Morgan fingerprint density at radius 2 is 2.31 bits per heavy atom. The first-order valence-electron chi connectivity index (χ1n) is 8.50. The summed E-state index contributed by atoms with van der Waals surface area (Å²) in [4.78, 5) is 12.5. The minimum Gasteiger partial charge on any atom is -0.463 e. The number of nitrogens with zero attached hydrogens (tertiary/aromatic N) is 3. The van der Waals surface area contributed by atoms with Gasteiger partial charge in [-0.1, -0.05) is 0 Å². The normalized spacial score (nSPS) is 22.8. The maximum absolute atomic E-state index is 13.4. The molecule has 2 heterocycles. The van der Waals surface area contributed by atoms with Crippen LogP contribution in [-0.4, -0.2) is 38.4 Å². The Hall–Kier alpha value is -2.74. The van der Waals surface area contributed by atoms with Gasteiger partial charge in [-0.05, 0) is 31.0 Å². The van der Waals surface area contributed by atoms with Gasteiger partial charge in [0, 0.05) is 30.8 Å². The Morgan fingerprint density at radius 3 is 3.08 bits per heavy atom. The van der Waals surface area contributed by atoms with Crippen LogP contribution >= 0.6 is 0 Å². The summed E-state index contributed by atoms with van der Waals surface area (Å²) in [6, 6.07) is 4.06. The monoisotopic (exact) mass is 358 g/mol. The number of aliphatic hydroxyl groups is 1. The van der Waals surface area contributed by atoms with E-state index in [1.807, 2.05) is 11.6 Å². The van der Waals surface area contributed by atoms with E-state index in [1.165, 1.54) is 24.5 Å². The van der Waals surface area contributed by atoms with Gasteiger partial charge >= 0.3 is 0 Å². The van der Waals surface area contributed by atoms with E-state index in [0.29, 0.717) is 23.9 Å². The lowest BCUT2D eigenvalue weighted by Gasteiger charge is -2.14. The largest absolute Gasteiger partial charge is 0.463 e. The smallest absolute Gasteiger partial charge is 0.255 e. The van der Waals surface area contributed by atoms with Crippen LogP contribution in [0.1, 0.15) is 34.9 Å². The van der Waals surface area contributed by atoms with Gasteiger partial charge in [-0.15, -0.1) is 10.2 Å². The molecule has 4 rings (SSSR count). The number of nitrogens with one attached hydrogen (secondary N) is 1. The first kappa shape index (κ1) is 16.7. The average molecular weight is 358 g/mol. The van der Waals surface area contributed by atoms with Crippen LogP contribution in [0.4, 0.5) is 4.39 Å². The molecule has 7 nitrogen and oxygen atoms in total. The van der Waals surface area contributed by atoms with E-state index in [0.717, 1.165) is 12.2 Å². The number of aliphatic hydroxyl groups excluding tert-OH is 1. The van der Waals surface area contributed by atoms with E-state index in [4.69, 9.17) is 4.42 Å². The molecule has 2 aromatic heterocycles. The lowest BCUT2D eigenvalue weighted by Crippen LogP contribution is -2.32. The molecule has 8 heteroatoms. The summed E-state index contributed by atoms with van der Waals surface area (Å²) < 4.78 is 20.6. The van der Waals surface area contributed by atoms with E-state index in [-0.39, 0.29) is 23.3 Å².